The summed E-state index contributed by atoms with van der Waals surface area (Å²) >= 11 is 0. The number of nitrogens with zero attached hydrogens (tertiary/aromatic N) is 4. The lowest BCUT2D eigenvalue weighted by Gasteiger charge is -2.48. The van der Waals surface area contributed by atoms with Gasteiger partial charge in [0.05, 0.1) is 23.7 Å². The van der Waals surface area contributed by atoms with E-state index >= 15 is 0 Å². The van der Waals surface area contributed by atoms with Gasteiger partial charge in [0.1, 0.15) is 0 Å². The average Bonchev–Trinajstić information content (AvgIpc) is 3.41. The standard InChI is InChI=1S/C23H23F3N6O/c1-4-22(14-7-5-6-12(8-14)13-10-27-28-11-13)16-15(9-21(2,3)30-20(16)33)29-19-17(22)18(31-32-19)23(24,25)26/h5-8,10,19,29H,4,9,11H2,1-3H3,(H,30,33). The summed E-state index contributed by atoms with van der Waals surface area (Å²) in [6, 6.07) is 7.27. The first-order valence-electron chi connectivity index (χ1n) is 10.8. The summed E-state index contributed by atoms with van der Waals surface area (Å²) in [7, 11) is 0. The number of halogens is 3. The number of carbonyl (C=O) groups excluding carboxylic acids is 1. The molecule has 7 nitrogen and oxygen atoms in total. The summed E-state index contributed by atoms with van der Waals surface area (Å²) in [5, 5.41) is 21.5. The van der Waals surface area contributed by atoms with Gasteiger partial charge in [-0.15, -0.1) is 5.11 Å². The van der Waals surface area contributed by atoms with E-state index in [4.69, 9.17) is 0 Å². The number of azo groups is 2. The van der Waals surface area contributed by atoms with Gasteiger partial charge in [-0.2, -0.15) is 28.5 Å². The number of amides is 1. The molecule has 0 fully saturated rings. The number of alkyl halides is 3. The molecule has 0 saturated carbocycles. The van der Waals surface area contributed by atoms with Gasteiger partial charge in [0, 0.05) is 28.8 Å². The second-order valence-corrected chi connectivity index (χ2v) is 9.30. The largest absolute Gasteiger partial charge is 0.435 e. The number of rotatable bonds is 3. The Hall–Kier alpha value is -3.30. The van der Waals surface area contributed by atoms with Crippen LogP contribution >= 0.6 is 0 Å². The molecule has 0 bridgehead atoms. The normalized spacial score (nSPS) is 27.9. The summed E-state index contributed by atoms with van der Waals surface area (Å²) in [5.41, 5.74) is 0.208. The Morgan fingerprint density at radius 1 is 1.24 bits per heavy atom. The first-order valence-corrected chi connectivity index (χ1v) is 10.8. The average molecular weight is 456 g/mol. The van der Waals surface area contributed by atoms with Crippen LogP contribution in [0.25, 0.3) is 5.57 Å². The predicted octanol–water partition coefficient (Wildman–Crippen LogP) is 4.91. The SMILES string of the molecule is CCC1(c2cccc(C3=CN=NC3)c2)C2=C(CC(C)(C)NC2=O)NC2N=NC(C(F)(F)F)=C21. The Balaban J connectivity index is 1.81. The van der Waals surface area contributed by atoms with Crippen LogP contribution in [-0.2, 0) is 10.2 Å². The number of nitrogens with one attached hydrogen (secondary N) is 2. The zero-order chi connectivity index (χ0) is 23.6. The number of hydrogen-bond donors (Lipinski definition) is 2. The van der Waals surface area contributed by atoms with Crippen LogP contribution in [0, 0.1) is 0 Å². The molecule has 2 N–H and O–H groups in total. The van der Waals surface area contributed by atoms with E-state index in [1.807, 2.05) is 26.0 Å². The van der Waals surface area contributed by atoms with E-state index in [9.17, 15) is 18.0 Å². The van der Waals surface area contributed by atoms with E-state index in [1.165, 1.54) is 0 Å². The van der Waals surface area contributed by atoms with Gasteiger partial charge in [-0.3, -0.25) is 4.79 Å². The molecule has 2 atom stereocenters. The van der Waals surface area contributed by atoms with Crippen molar-refractivity contribution in [2.24, 2.45) is 20.5 Å². The summed E-state index contributed by atoms with van der Waals surface area (Å²) in [5.74, 6) is -0.384. The number of benzene rings is 1. The molecular formula is C23H23F3N6O. The molecule has 0 aromatic heterocycles. The fourth-order valence-electron chi connectivity index (χ4n) is 5.35. The second kappa shape index (κ2) is 7.10. The van der Waals surface area contributed by atoms with Crippen LogP contribution in [0.15, 0.2) is 73.5 Å². The predicted molar refractivity (Wildman–Crippen MR) is 115 cm³/mol. The van der Waals surface area contributed by atoms with Crippen molar-refractivity contribution < 1.29 is 18.0 Å². The summed E-state index contributed by atoms with van der Waals surface area (Å²) in [6.07, 6.45) is -3.37. The van der Waals surface area contributed by atoms with E-state index in [-0.39, 0.29) is 17.9 Å². The lowest BCUT2D eigenvalue weighted by atomic mass is 9.61. The van der Waals surface area contributed by atoms with Crippen LogP contribution in [0.3, 0.4) is 0 Å². The zero-order valence-corrected chi connectivity index (χ0v) is 18.4. The molecule has 0 radical (unpaired) electrons. The van der Waals surface area contributed by atoms with Gasteiger partial charge in [0.15, 0.2) is 11.9 Å². The van der Waals surface area contributed by atoms with Crippen molar-refractivity contribution in [1.29, 1.82) is 0 Å². The lowest BCUT2D eigenvalue weighted by molar-refractivity contribution is -0.120. The zero-order valence-electron chi connectivity index (χ0n) is 18.4. The summed E-state index contributed by atoms with van der Waals surface area (Å²) in [6.45, 7) is 5.96. The van der Waals surface area contributed by atoms with E-state index in [0.29, 0.717) is 29.8 Å². The summed E-state index contributed by atoms with van der Waals surface area (Å²) in [4.78, 5) is 13.5. The van der Waals surface area contributed by atoms with Gasteiger partial charge >= 0.3 is 6.18 Å². The highest BCUT2D eigenvalue weighted by Gasteiger charge is 2.57. The Morgan fingerprint density at radius 3 is 2.70 bits per heavy atom. The van der Waals surface area contributed by atoms with E-state index < -0.39 is 29.0 Å². The molecule has 4 aliphatic rings. The Labute approximate surface area is 188 Å². The monoisotopic (exact) mass is 456 g/mol. The molecule has 1 aromatic rings. The maximum atomic E-state index is 14.1. The van der Waals surface area contributed by atoms with Gasteiger partial charge in [-0.25, -0.2) is 0 Å². The molecule has 0 spiro atoms. The summed E-state index contributed by atoms with van der Waals surface area (Å²) < 4.78 is 42.3. The number of fused-ring (bicyclic) bond motifs is 1. The van der Waals surface area contributed by atoms with Crippen LogP contribution in [0.2, 0.25) is 0 Å². The van der Waals surface area contributed by atoms with Crippen molar-refractivity contribution in [1.82, 2.24) is 10.6 Å². The van der Waals surface area contributed by atoms with Gasteiger partial charge in [-0.05, 0) is 31.4 Å². The van der Waals surface area contributed by atoms with Crippen LogP contribution in [0.1, 0.15) is 44.7 Å². The fraction of sp³-hybridized carbons (Fsp3) is 0.435. The van der Waals surface area contributed by atoms with Gasteiger partial charge in [0.25, 0.3) is 5.91 Å². The van der Waals surface area contributed by atoms with Gasteiger partial charge in [0.2, 0.25) is 0 Å². The molecule has 33 heavy (non-hydrogen) atoms. The van der Waals surface area contributed by atoms with Gasteiger partial charge < -0.3 is 10.6 Å². The molecule has 5 rings (SSSR count). The fourth-order valence-corrected chi connectivity index (χ4v) is 5.35. The molecule has 172 valence electrons. The van der Waals surface area contributed by atoms with E-state index in [2.05, 4.69) is 31.1 Å². The van der Waals surface area contributed by atoms with Crippen LogP contribution in [0.4, 0.5) is 13.2 Å². The Bertz CT molecular complexity index is 1210. The van der Waals surface area contributed by atoms with Crippen LogP contribution < -0.4 is 10.6 Å². The molecule has 0 saturated heterocycles. The minimum Gasteiger partial charge on any atom is -0.362 e. The van der Waals surface area contributed by atoms with Crippen molar-refractivity contribution in [2.45, 2.75) is 56.9 Å². The minimum absolute atomic E-state index is 0.0296. The molecule has 1 aromatic carbocycles. The van der Waals surface area contributed by atoms with Crippen molar-refractivity contribution in [2.75, 3.05) is 6.54 Å². The third-order valence-corrected chi connectivity index (χ3v) is 6.66. The smallest absolute Gasteiger partial charge is 0.362 e. The van der Waals surface area contributed by atoms with Crippen LogP contribution in [-0.4, -0.2) is 30.3 Å². The maximum absolute atomic E-state index is 14.1. The van der Waals surface area contributed by atoms with Crippen LogP contribution in [0.5, 0.6) is 0 Å². The molecule has 1 amide bonds. The highest BCUT2D eigenvalue weighted by Crippen LogP contribution is 2.54. The first kappa shape index (κ1) is 21.5. The second-order valence-electron chi connectivity index (χ2n) is 9.30. The quantitative estimate of drug-likeness (QED) is 0.677. The first-order chi connectivity index (χ1) is 15.6. The number of allylic oxidation sites excluding steroid dienone is 1. The highest BCUT2D eigenvalue weighted by atomic mass is 19.4. The van der Waals surface area contributed by atoms with E-state index in [1.54, 1.807) is 25.3 Å². The lowest BCUT2D eigenvalue weighted by Crippen LogP contribution is -2.58. The van der Waals surface area contributed by atoms with Crippen molar-refractivity contribution >= 4 is 11.5 Å². The Kier molecular flexibility index (Phi) is 4.63. The molecule has 4 aliphatic heterocycles. The highest BCUT2D eigenvalue weighted by molar-refractivity contribution is 6.00. The molecule has 2 unspecified atom stereocenters. The van der Waals surface area contributed by atoms with Crippen molar-refractivity contribution in [3.05, 3.63) is 64.1 Å². The molecular weight excluding hydrogens is 433 g/mol. The third-order valence-electron chi connectivity index (χ3n) is 6.66. The number of carbonyl (C=O) groups is 1. The third kappa shape index (κ3) is 3.22. The topological polar surface area (TPSA) is 90.6 Å². The molecule has 4 heterocycles. The molecule has 10 heteroatoms. The van der Waals surface area contributed by atoms with E-state index in [0.717, 1.165) is 11.1 Å². The minimum atomic E-state index is -4.71. The molecule has 0 aliphatic carbocycles. The van der Waals surface area contributed by atoms with Crippen molar-refractivity contribution in [3.63, 3.8) is 0 Å². The van der Waals surface area contributed by atoms with Crippen molar-refractivity contribution in [3.8, 4) is 0 Å². The Morgan fingerprint density at radius 2 is 2.03 bits per heavy atom. The van der Waals surface area contributed by atoms with Gasteiger partial charge in [-0.1, -0.05) is 31.2 Å². The maximum Gasteiger partial charge on any atom is 0.435 e. The number of hydrogen-bond acceptors (Lipinski definition) is 6.